The molecule has 214 valence electrons. The number of hydrogen-bond acceptors (Lipinski definition) is 5. The van der Waals surface area contributed by atoms with Crippen LogP contribution in [0.2, 0.25) is 0 Å². The van der Waals surface area contributed by atoms with Crippen LogP contribution in [-0.2, 0) is 31.9 Å². The number of morpholine rings is 1. The van der Waals surface area contributed by atoms with Crippen LogP contribution in [0, 0.1) is 0 Å². The Balaban J connectivity index is 1.34. The fraction of sp³-hybridized carbons (Fsp3) is 0.353. The highest BCUT2D eigenvalue weighted by atomic mass is 16.6. The Bertz CT molecular complexity index is 1480. The number of H-pyrrole nitrogens is 1. The summed E-state index contributed by atoms with van der Waals surface area (Å²) >= 11 is 0. The second-order valence-corrected chi connectivity index (χ2v) is 11.5. The molecule has 1 aromatic heterocycles. The Labute approximate surface area is 241 Å². The van der Waals surface area contributed by atoms with Crippen molar-refractivity contribution >= 4 is 28.5 Å². The third-order valence-corrected chi connectivity index (χ3v) is 7.25. The molecular weight excluding hydrogens is 514 g/mol. The molecule has 0 bridgehead atoms. The number of fused-ring (bicyclic) bond motifs is 1. The summed E-state index contributed by atoms with van der Waals surface area (Å²) in [6.45, 7) is 8.64. The Morgan fingerprint density at radius 3 is 2.49 bits per heavy atom. The number of ether oxygens (including phenoxy) is 2. The number of aryl methyl sites for hydroxylation is 1. The second kappa shape index (κ2) is 12.6. The van der Waals surface area contributed by atoms with Crippen molar-refractivity contribution in [3.63, 3.8) is 0 Å². The first-order valence-corrected chi connectivity index (χ1v) is 14.3. The lowest BCUT2D eigenvalue weighted by molar-refractivity contribution is -0.154. The molecule has 0 aliphatic carbocycles. The normalized spacial score (nSPS) is 14.6. The highest BCUT2D eigenvalue weighted by molar-refractivity contribution is 5.87. The van der Waals surface area contributed by atoms with Gasteiger partial charge in [-0.25, -0.2) is 0 Å². The molecule has 1 aliphatic rings. The number of nitrogens with zero attached hydrogens (tertiary/aromatic N) is 1. The van der Waals surface area contributed by atoms with Crippen molar-refractivity contribution in [1.29, 1.82) is 0 Å². The van der Waals surface area contributed by atoms with Crippen LogP contribution in [0.1, 0.15) is 55.5 Å². The predicted octanol–water partition coefficient (Wildman–Crippen LogP) is 5.73. The minimum Gasteiger partial charge on any atom is -0.460 e. The van der Waals surface area contributed by atoms with E-state index in [1.807, 2.05) is 69.4 Å². The lowest BCUT2D eigenvalue weighted by atomic mass is 9.95. The van der Waals surface area contributed by atoms with E-state index < -0.39 is 5.60 Å². The number of para-hydroxylation sites is 1. The van der Waals surface area contributed by atoms with E-state index in [1.54, 1.807) is 0 Å². The van der Waals surface area contributed by atoms with E-state index in [0.717, 1.165) is 51.9 Å². The van der Waals surface area contributed by atoms with E-state index in [4.69, 9.17) is 9.47 Å². The lowest BCUT2D eigenvalue weighted by Crippen LogP contribution is -2.38. The Hall–Kier alpha value is -4.10. The number of anilines is 1. The fourth-order valence-corrected chi connectivity index (χ4v) is 5.38. The maximum Gasteiger partial charge on any atom is 0.306 e. The smallest absolute Gasteiger partial charge is 0.306 e. The van der Waals surface area contributed by atoms with Crippen LogP contribution >= 0.6 is 0 Å². The first-order valence-electron chi connectivity index (χ1n) is 14.3. The molecule has 0 spiro atoms. The Morgan fingerprint density at radius 1 is 1.00 bits per heavy atom. The third kappa shape index (κ3) is 7.35. The monoisotopic (exact) mass is 553 g/mol. The van der Waals surface area contributed by atoms with E-state index in [1.165, 1.54) is 0 Å². The van der Waals surface area contributed by atoms with E-state index in [0.29, 0.717) is 26.1 Å². The minimum absolute atomic E-state index is 0.0548. The topological polar surface area (TPSA) is 83.7 Å². The van der Waals surface area contributed by atoms with Gasteiger partial charge in [-0.15, -0.1) is 0 Å². The zero-order valence-electron chi connectivity index (χ0n) is 24.1. The van der Waals surface area contributed by atoms with Gasteiger partial charge in [0.25, 0.3) is 0 Å². The van der Waals surface area contributed by atoms with Gasteiger partial charge >= 0.3 is 5.97 Å². The number of nitrogens with one attached hydrogen (secondary N) is 2. The van der Waals surface area contributed by atoms with Gasteiger partial charge in [-0.1, -0.05) is 54.6 Å². The molecule has 1 aliphatic heterocycles. The molecule has 0 radical (unpaired) electrons. The maximum absolute atomic E-state index is 13.6. The molecule has 1 saturated heterocycles. The van der Waals surface area contributed by atoms with Gasteiger partial charge in [-0.3, -0.25) is 9.59 Å². The van der Waals surface area contributed by atoms with Gasteiger partial charge in [0, 0.05) is 47.9 Å². The quantitative estimate of drug-likeness (QED) is 0.259. The zero-order chi connectivity index (χ0) is 28.8. The third-order valence-electron chi connectivity index (χ3n) is 7.25. The van der Waals surface area contributed by atoms with Crippen molar-refractivity contribution in [3.05, 3.63) is 101 Å². The number of esters is 1. The summed E-state index contributed by atoms with van der Waals surface area (Å²) in [5.41, 5.74) is 5.66. The molecule has 1 unspecified atom stereocenters. The van der Waals surface area contributed by atoms with Crippen LogP contribution in [0.5, 0.6) is 0 Å². The molecular formula is C34H39N3O4. The molecule has 7 heteroatoms. The fourth-order valence-electron chi connectivity index (χ4n) is 5.38. The molecule has 5 rings (SSSR count). The minimum atomic E-state index is -0.502. The largest absolute Gasteiger partial charge is 0.460 e. The van der Waals surface area contributed by atoms with Gasteiger partial charge in [0.15, 0.2) is 0 Å². The van der Waals surface area contributed by atoms with Crippen molar-refractivity contribution in [2.24, 2.45) is 0 Å². The van der Waals surface area contributed by atoms with Crippen LogP contribution in [0.15, 0.2) is 79.0 Å². The molecule has 2 heterocycles. The highest BCUT2D eigenvalue weighted by Gasteiger charge is 2.23. The van der Waals surface area contributed by atoms with Crippen molar-refractivity contribution in [2.45, 2.75) is 51.7 Å². The van der Waals surface area contributed by atoms with Gasteiger partial charge in [0.05, 0.1) is 25.7 Å². The number of amides is 1. The SMILES string of the molecule is CC(C)(C)OC(=O)CCc1c[nH]c2ccc(CC(=O)NC(c3ccccc3)c3ccccc3N3CCOCC3)cc12. The summed E-state index contributed by atoms with van der Waals surface area (Å²) < 4.78 is 11.0. The van der Waals surface area contributed by atoms with E-state index >= 15 is 0 Å². The molecule has 2 N–H and O–H groups in total. The maximum atomic E-state index is 13.6. The molecule has 3 aromatic carbocycles. The lowest BCUT2D eigenvalue weighted by Gasteiger charge is -2.33. The first kappa shape index (κ1) is 28.4. The van der Waals surface area contributed by atoms with E-state index in [-0.39, 0.29) is 24.3 Å². The average molecular weight is 554 g/mol. The first-order chi connectivity index (χ1) is 19.8. The van der Waals surface area contributed by atoms with Crippen LogP contribution in [-0.4, -0.2) is 48.8 Å². The summed E-state index contributed by atoms with van der Waals surface area (Å²) in [7, 11) is 0. The molecule has 7 nitrogen and oxygen atoms in total. The number of carbonyl (C=O) groups is 2. The number of aromatic amines is 1. The summed E-state index contributed by atoms with van der Waals surface area (Å²) in [5, 5.41) is 4.35. The molecule has 4 aromatic rings. The highest BCUT2D eigenvalue weighted by Crippen LogP contribution is 2.32. The van der Waals surface area contributed by atoms with Crippen molar-refractivity contribution in [2.75, 3.05) is 31.2 Å². The standard InChI is InChI=1S/C34H39N3O4/c1-34(2,3)41-32(39)16-14-26-23-35-29-15-13-24(21-28(26)29)22-31(38)36-33(25-9-5-4-6-10-25)27-11-7-8-12-30(27)37-17-19-40-20-18-37/h4-13,15,21,23,33,35H,14,16-20,22H2,1-3H3,(H,36,38). The van der Waals surface area contributed by atoms with Crippen LogP contribution < -0.4 is 10.2 Å². The van der Waals surface area contributed by atoms with Gasteiger partial charge in [-0.05, 0) is 62.1 Å². The van der Waals surface area contributed by atoms with Crippen molar-refractivity contribution in [1.82, 2.24) is 10.3 Å². The van der Waals surface area contributed by atoms with Gasteiger partial charge in [-0.2, -0.15) is 0 Å². The summed E-state index contributed by atoms with van der Waals surface area (Å²) in [6, 6.07) is 24.2. The molecule has 1 amide bonds. The summed E-state index contributed by atoms with van der Waals surface area (Å²) in [4.78, 5) is 31.4. The molecule has 41 heavy (non-hydrogen) atoms. The Kier molecular flexibility index (Phi) is 8.74. The summed E-state index contributed by atoms with van der Waals surface area (Å²) in [6.07, 6.45) is 3.05. The molecule has 1 atom stereocenters. The summed E-state index contributed by atoms with van der Waals surface area (Å²) in [5.74, 6) is -0.271. The van der Waals surface area contributed by atoms with Crippen LogP contribution in [0.3, 0.4) is 0 Å². The Morgan fingerprint density at radius 2 is 1.73 bits per heavy atom. The molecule has 1 fully saturated rings. The van der Waals surface area contributed by atoms with Gasteiger partial charge < -0.3 is 24.7 Å². The number of aromatic nitrogens is 1. The molecule has 0 saturated carbocycles. The number of rotatable bonds is 9. The predicted molar refractivity (Wildman–Crippen MR) is 162 cm³/mol. The van der Waals surface area contributed by atoms with Crippen LogP contribution in [0.4, 0.5) is 5.69 Å². The van der Waals surface area contributed by atoms with Crippen LogP contribution in [0.25, 0.3) is 10.9 Å². The van der Waals surface area contributed by atoms with Crippen molar-refractivity contribution in [3.8, 4) is 0 Å². The van der Waals surface area contributed by atoms with E-state index in [2.05, 4.69) is 45.5 Å². The second-order valence-electron chi connectivity index (χ2n) is 11.5. The van der Waals surface area contributed by atoms with Gasteiger partial charge in [0.1, 0.15) is 5.60 Å². The number of carbonyl (C=O) groups excluding carboxylic acids is 2. The van der Waals surface area contributed by atoms with E-state index in [9.17, 15) is 9.59 Å². The average Bonchev–Trinajstić information content (AvgIpc) is 3.37. The zero-order valence-corrected chi connectivity index (χ0v) is 24.1. The van der Waals surface area contributed by atoms with Crippen molar-refractivity contribution < 1.29 is 19.1 Å². The number of benzene rings is 3. The number of hydrogen-bond donors (Lipinski definition) is 2. The van der Waals surface area contributed by atoms with Gasteiger partial charge in [0.2, 0.25) is 5.91 Å².